The van der Waals surface area contributed by atoms with Gasteiger partial charge in [-0.25, -0.2) is 0 Å². The lowest BCUT2D eigenvalue weighted by molar-refractivity contribution is -0.0132. The van der Waals surface area contributed by atoms with E-state index < -0.39 is 0 Å². The van der Waals surface area contributed by atoms with Crippen LogP contribution in [0, 0.1) is 5.92 Å². The maximum atomic E-state index is 6.13. The van der Waals surface area contributed by atoms with Crippen LogP contribution in [0.3, 0.4) is 0 Å². The molecule has 1 saturated carbocycles. The highest BCUT2D eigenvalue weighted by Crippen LogP contribution is 2.31. The van der Waals surface area contributed by atoms with Crippen molar-refractivity contribution in [2.24, 2.45) is 5.92 Å². The molecule has 2 unspecified atom stereocenters. The molecule has 1 heterocycles. The van der Waals surface area contributed by atoms with Gasteiger partial charge in [0.2, 0.25) is 0 Å². The molecule has 19 heavy (non-hydrogen) atoms. The Balaban J connectivity index is 1.66. The Morgan fingerprint density at radius 1 is 1.21 bits per heavy atom. The molecule has 2 rings (SSSR count). The Kier molecular flexibility index (Phi) is 6.72. The summed E-state index contributed by atoms with van der Waals surface area (Å²) in [5.74, 6) is 0.771. The summed E-state index contributed by atoms with van der Waals surface area (Å²) in [7, 11) is 0. The van der Waals surface area contributed by atoms with Crippen LogP contribution in [0.5, 0.6) is 0 Å². The van der Waals surface area contributed by atoms with Gasteiger partial charge in [0.1, 0.15) is 6.10 Å². The van der Waals surface area contributed by atoms with Crippen molar-refractivity contribution < 1.29 is 14.2 Å². The number of ether oxygens (including phenoxy) is 3. The summed E-state index contributed by atoms with van der Waals surface area (Å²) in [6.07, 6.45) is 12.6. The fourth-order valence-electron chi connectivity index (χ4n) is 2.97. The maximum absolute atomic E-state index is 6.13. The number of unbranched alkanes of at least 4 members (excludes halogenated alkanes) is 1. The summed E-state index contributed by atoms with van der Waals surface area (Å²) >= 11 is 0. The molecule has 2 atom stereocenters. The predicted molar refractivity (Wildman–Crippen MR) is 76.1 cm³/mol. The van der Waals surface area contributed by atoms with Crippen LogP contribution < -0.4 is 0 Å². The van der Waals surface area contributed by atoms with Crippen molar-refractivity contribution in [1.82, 2.24) is 0 Å². The van der Waals surface area contributed by atoms with Crippen molar-refractivity contribution in [3.8, 4) is 0 Å². The van der Waals surface area contributed by atoms with Gasteiger partial charge in [0, 0.05) is 0 Å². The fraction of sp³-hybridized carbons (Fsp3) is 0.875. The first-order valence-electron chi connectivity index (χ1n) is 7.86. The van der Waals surface area contributed by atoms with E-state index in [1.165, 1.54) is 44.8 Å². The van der Waals surface area contributed by atoms with Crippen LogP contribution in [-0.2, 0) is 14.2 Å². The molecule has 1 aliphatic heterocycles. The minimum atomic E-state index is 0.384. The second-order valence-corrected chi connectivity index (χ2v) is 5.76. The third kappa shape index (κ3) is 5.96. The smallest absolute Gasteiger partial charge is 0.104 e. The molecule has 0 spiro atoms. The van der Waals surface area contributed by atoms with E-state index in [0.717, 1.165) is 38.6 Å². The summed E-state index contributed by atoms with van der Waals surface area (Å²) in [4.78, 5) is 0. The van der Waals surface area contributed by atoms with Gasteiger partial charge < -0.3 is 14.2 Å². The Morgan fingerprint density at radius 3 is 2.68 bits per heavy atom. The van der Waals surface area contributed by atoms with E-state index in [4.69, 9.17) is 14.2 Å². The van der Waals surface area contributed by atoms with Crippen molar-refractivity contribution >= 4 is 0 Å². The topological polar surface area (TPSA) is 31.0 Å². The van der Waals surface area contributed by atoms with Gasteiger partial charge in [-0.15, -0.1) is 0 Å². The molecular weight excluding hydrogens is 240 g/mol. The molecule has 0 amide bonds. The van der Waals surface area contributed by atoms with Crippen molar-refractivity contribution in [2.75, 3.05) is 19.8 Å². The molecule has 0 aromatic carbocycles. The summed E-state index contributed by atoms with van der Waals surface area (Å²) in [5.41, 5.74) is 0. The average molecular weight is 268 g/mol. The van der Waals surface area contributed by atoms with Gasteiger partial charge in [-0.3, -0.25) is 0 Å². The number of rotatable bonds is 10. The van der Waals surface area contributed by atoms with Crippen LogP contribution in [0.1, 0.15) is 51.4 Å². The summed E-state index contributed by atoms with van der Waals surface area (Å²) in [5, 5.41) is 0. The van der Waals surface area contributed by atoms with Crippen LogP contribution in [0.4, 0.5) is 0 Å². The first-order valence-corrected chi connectivity index (χ1v) is 7.86. The Bertz CT molecular complexity index is 244. The largest absolute Gasteiger partial charge is 0.502 e. The highest BCUT2D eigenvalue weighted by Gasteiger charge is 2.28. The third-order valence-corrected chi connectivity index (χ3v) is 4.19. The van der Waals surface area contributed by atoms with Gasteiger partial charge in [0.05, 0.1) is 32.2 Å². The van der Waals surface area contributed by atoms with E-state index >= 15 is 0 Å². The summed E-state index contributed by atoms with van der Waals surface area (Å²) in [6.45, 7) is 6.04. The quantitative estimate of drug-likeness (QED) is 0.344. The van der Waals surface area contributed by atoms with Gasteiger partial charge in [0.25, 0.3) is 0 Å². The van der Waals surface area contributed by atoms with E-state index in [1.54, 1.807) is 0 Å². The first kappa shape index (κ1) is 14.9. The molecule has 1 saturated heterocycles. The molecular formula is C16H28O3. The van der Waals surface area contributed by atoms with Crippen molar-refractivity contribution in [3.63, 3.8) is 0 Å². The zero-order valence-corrected chi connectivity index (χ0v) is 12.0. The molecule has 2 aliphatic rings. The SMILES string of the molecule is C=COCCCCC(OCC1CO1)C1CCCCC1. The molecule has 0 radical (unpaired) electrons. The Labute approximate surface area is 117 Å². The lowest BCUT2D eigenvalue weighted by Gasteiger charge is -2.30. The second-order valence-electron chi connectivity index (χ2n) is 5.76. The van der Waals surface area contributed by atoms with E-state index in [2.05, 4.69) is 6.58 Å². The van der Waals surface area contributed by atoms with Crippen LogP contribution >= 0.6 is 0 Å². The van der Waals surface area contributed by atoms with E-state index in [1.807, 2.05) is 0 Å². The highest BCUT2D eigenvalue weighted by molar-refractivity contribution is 4.77. The highest BCUT2D eigenvalue weighted by atomic mass is 16.6. The van der Waals surface area contributed by atoms with Gasteiger partial charge in [0.15, 0.2) is 0 Å². The monoisotopic (exact) mass is 268 g/mol. The minimum Gasteiger partial charge on any atom is -0.502 e. The third-order valence-electron chi connectivity index (χ3n) is 4.19. The minimum absolute atomic E-state index is 0.384. The molecule has 2 fully saturated rings. The van der Waals surface area contributed by atoms with E-state index in [-0.39, 0.29) is 0 Å². The summed E-state index contributed by atoms with van der Waals surface area (Å²) < 4.78 is 16.5. The lowest BCUT2D eigenvalue weighted by atomic mass is 9.83. The molecule has 3 nitrogen and oxygen atoms in total. The van der Waals surface area contributed by atoms with Crippen molar-refractivity contribution in [1.29, 1.82) is 0 Å². The van der Waals surface area contributed by atoms with Crippen molar-refractivity contribution in [3.05, 3.63) is 12.8 Å². The van der Waals surface area contributed by atoms with Gasteiger partial charge in [-0.1, -0.05) is 25.8 Å². The molecule has 0 bridgehead atoms. The van der Waals surface area contributed by atoms with Crippen LogP contribution in [0.15, 0.2) is 12.8 Å². The molecule has 3 heteroatoms. The zero-order chi connectivity index (χ0) is 13.3. The normalized spacial score (nSPS) is 24.9. The van der Waals surface area contributed by atoms with E-state index in [0.29, 0.717) is 12.2 Å². The standard InChI is InChI=1S/C16H28O3/c1-2-17-11-7-6-10-16(19-13-15-12-18-15)14-8-4-3-5-9-14/h2,14-16H,1,3-13H2. The Hall–Kier alpha value is -0.540. The number of epoxide rings is 1. The first-order chi connectivity index (χ1) is 9.40. The summed E-state index contributed by atoms with van der Waals surface area (Å²) in [6, 6.07) is 0. The molecule has 110 valence electrons. The van der Waals surface area contributed by atoms with Gasteiger partial charge >= 0.3 is 0 Å². The van der Waals surface area contributed by atoms with Crippen molar-refractivity contribution in [2.45, 2.75) is 63.6 Å². The second kappa shape index (κ2) is 8.60. The number of hydrogen-bond acceptors (Lipinski definition) is 3. The lowest BCUT2D eigenvalue weighted by Crippen LogP contribution is -2.27. The maximum Gasteiger partial charge on any atom is 0.104 e. The fourth-order valence-corrected chi connectivity index (χ4v) is 2.97. The number of hydrogen-bond donors (Lipinski definition) is 0. The zero-order valence-electron chi connectivity index (χ0n) is 12.0. The van der Waals surface area contributed by atoms with Crippen LogP contribution in [0.25, 0.3) is 0 Å². The van der Waals surface area contributed by atoms with Gasteiger partial charge in [-0.2, -0.15) is 0 Å². The average Bonchev–Trinajstić information content (AvgIpc) is 3.27. The predicted octanol–water partition coefficient (Wildman–Crippen LogP) is 3.68. The Morgan fingerprint density at radius 2 is 2.00 bits per heavy atom. The molecule has 0 aromatic rings. The van der Waals surface area contributed by atoms with Crippen LogP contribution in [0.2, 0.25) is 0 Å². The van der Waals surface area contributed by atoms with Crippen LogP contribution in [-0.4, -0.2) is 32.0 Å². The molecule has 0 N–H and O–H groups in total. The van der Waals surface area contributed by atoms with E-state index in [9.17, 15) is 0 Å². The van der Waals surface area contributed by atoms with Gasteiger partial charge in [-0.05, 0) is 38.0 Å². The molecule has 1 aliphatic carbocycles. The molecule has 0 aromatic heterocycles.